The van der Waals surface area contributed by atoms with Crippen molar-refractivity contribution in [2.24, 2.45) is 4.99 Å². The number of hydrogen-bond donors (Lipinski definition) is 2. The van der Waals surface area contributed by atoms with Gasteiger partial charge in [-0.05, 0) is 52.9 Å². The first-order chi connectivity index (χ1) is 9.81. The molecule has 0 atom stereocenters. The fraction of sp³-hybridized carbons (Fsp3) is 0.588. The van der Waals surface area contributed by atoms with E-state index in [4.69, 9.17) is 4.99 Å². The zero-order valence-electron chi connectivity index (χ0n) is 14.7. The molecule has 0 heterocycles. The third kappa shape index (κ3) is 8.58. The van der Waals surface area contributed by atoms with Gasteiger partial charge in [-0.25, -0.2) is 4.99 Å². The topological polar surface area (TPSA) is 39.7 Å². The molecule has 0 aromatic heterocycles. The summed E-state index contributed by atoms with van der Waals surface area (Å²) in [5, 5.41) is 6.71. The fourth-order valence-corrected chi connectivity index (χ4v) is 2.03. The van der Waals surface area contributed by atoms with Gasteiger partial charge in [0.05, 0.1) is 6.54 Å². The third-order valence-corrected chi connectivity index (χ3v) is 2.85. The average Bonchev–Trinajstić information content (AvgIpc) is 2.35. The maximum Gasteiger partial charge on any atom is 0.191 e. The number of guanidine groups is 1. The predicted molar refractivity (Wildman–Crippen MR) is 107 cm³/mol. The van der Waals surface area contributed by atoms with Gasteiger partial charge >= 0.3 is 0 Å². The molecule has 0 unspecified atom stereocenters. The Balaban J connectivity index is 0.00000441. The summed E-state index contributed by atoms with van der Waals surface area (Å²) in [5.41, 5.74) is 2.61. The van der Waals surface area contributed by atoms with Gasteiger partial charge in [0.25, 0.3) is 0 Å². The molecule has 2 N–H and O–H groups in total. The molecule has 0 bridgehead atoms. The van der Waals surface area contributed by atoms with Crippen molar-refractivity contribution in [1.82, 2.24) is 15.5 Å². The largest absolute Gasteiger partial charge is 0.357 e. The highest BCUT2D eigenvalue weighted by molar-refractivity contribution is 14.0. The van der Waals surface area contributed by atoms with Crippen LogP contribution in [0.15, 0.2) is 29.3 Å². The Morgan fingerprint density at radius 3 is 2.23 bits per heavy atom. The van der Waals surface area contributed by atoms with Crippen LogP contribution in [0.4, 0.5) is 0 Å². The summed E-state index contributed by atoms with van der Waals surface area (Å²) >= 11 is 0. The summed E-state index contributed by atoms with van der Waals surface area (Å²) in [6, 6.07) is 8.50. The predicted octanol–water partition coefficient (Wildman–Crippen LogP) is 3.22. The Kier molecular flexibility index (Phi) is 9.67. The second-order valence-corrected chi connectivity index (χ2v) is 6.58. The van der Waals surface area contributed by atoms with E-state index in [2.05, 4.69) is 81.6 Å². The van der Waals surface area contributed by atoms with Crippen LogP contribution in [0.25, 0.3) is 0 Å². The minimum atomic E-state index is 0. The van der Waals surface area contributed by atoms with Crippen molar-refractivity contribution >= 4 is 29.9 Å². The Bertz CT molecular complexity index is 464. The quantitative estimate of drug-likeness (QED) is 0.438. The van der Waals surface area contributed by atoms with E-state index in [-0.39, 0.29) is 29.5 Å². The lowest BCUT2D eigenvalue weighted by Gasteiger charge is -2.24. The zero-order valence-corrected chi connectivity index (χ0v) is 17.1. The van der Waals surface area contributed by atoms with E-state index in [0.717, 1.165) is 19.0 Å². The Hall–Kier alpha value is -0.820. The number of benzene rings is 1. The molecule has 1 rings (SSSR count). The molecule has 126 valence electrons. The standard InChI is InChI=1S/C17H30N4.HI/c1-7-18-16(20-17(2,3)4)19-12-14-10-8-9-11-15(14)13-21(5)6;/h8-11H,7,12-13H2,1-6H3,(H2,18,19,20);1H. The van der Waals surface area contributed by atoms with Crippen molar-refractivity contribution in [3.05, 3.63) is 35.4 Å². The summed E-state index contributed by atoms with van der Waals surface area (Å²) in [6.45, 7) is 11.0. The fourth-order valence-electron chi connectivity index (χ4n) is 2.03. The van der Waals surface area contributed by atoms with Crippen LogP contribution < -0.4 is 10.6 Å². The molecule has 0 fully saturated rings. The molecule has 1 aromatic rings. The van der Waals surface area contributed by atoms with Gasteiger partial charge in [0.1, 0.15) is 0 Å². The molecular weight excluding hydrogens is 387 g/mol. The highest BCUT2D eigenvalue weighted by Crippen LogP contribution is 2.12. The summed E-state index contributed by atoms with van der Waals surface area (Å²) < 4.78 is 0. The highest BCUT2D eigenvalue weighted by Gasteiger charge is 2.11. The smallest absolute Gasteiger partial charge is 0.191 e. The minimum absolute atomic E-state index is 0. The molecule has 5 heteroatoms. The molecule has 1 aromatic carbocycles. The van der Waals surface area contributed by atoms with Crippen LogP contribution >= 0.6 is 24.0 Å². The number of nitrogens with one attached hydrogen (secondary N) is 2. The van der Waals surface area contributed by atoms with Gasteiger partial charge in [-0.3, -0.25) is 0 Å². The number of rotatable bonds is 5. The summed E-state index contributed by atoms with van der Waals surface area (Å²) in [6.07, 6.45) is 0. The second kappa shape index (κ2) is 10.0. The van der Waals surface area contributed by atoms with E-state index in [1.165, 1.54) is 11.1 Å². The van der Waals surface area contributed by atoms with Gasteiger partial charge in [-0.2, -0.15) is 0 Å². The molecule has 22 heavy (non-hydrogen) atoms. The SMILES string of the molecule is CCNC(=NCc1ccccc1CN(C)C)NC(C)(C)C.I. The lowest BCUT2D eigenvalue weighted by molar-refractivity contribution is 0.401. The van der Waals surface area contributed by atoms with Crippen molar-refractivity contribution in [2.45, 2.75) is 46.3 Å². The van der Waals surface area contributed by atoms with E-state index in [1.54, 1.807) is 0 Å². The lowest BCUT2D eigenvalue weighted by atomic mass is 10.1. The zero-order chi connectivity index (χ0) is 15.9. The number of nitrogens with zero attached hydrogens (tertiary/aromatic N) is 2. The van der Waals surface area contributed by atoms with Crippen LogP contribution in [0.3, 0.4) is 0 Å². The Morgan fingerprint density at radius 1 is 1.14 bits per heavy atom. The third-order valence-electron chi connectivity index (χ3n) is 2.85. The van der Waals surface area contributed by atoms with Gasteiger partial charge in [-0.1, -0.05) is 24.3 Å². The first-order valence-corrected chi connectivity index (χ1v) is 7.60. The van der Waals surface area contributed by atoms with E-state index < -0.39 is 0 Å². The number of hydrogen-bond acceptors (Lipinski definition) is 2. The van der Waals surface area contributed by atoms with Gasteiger partial charge in [0, 0.05) is 18.6 Å². The van der Waals surface area contributed by atoms with Gasteiger partial charge in [-0.15, -0.1) is 24.0 Å². The van der Waals surface area contributed by atoms with Crippen LogP contribution in [-0.2, 0) is 13.1 Å². The molecule has 0 saturated heterocycles. The number of aliphatic imine (C=N–C) groups is 1. The van der Waals surface area contributed by atoms with Crippen LogP contribution in [0, 0.1) is 0 Å². The molecule has 0 aliphatic heterocycles. The molecule has 0 saturated carbocycles. The molecule has 4 nitrogen and oxygen atoms in total. The lowest BCUT2D eigenvalue weighted by Crippen LogP contribution is -2.47. The molecule has 0 radical (unpaired) electrons. The molecular formula is C17H31IN4. The van der Waals surface area contributed by atoms with E-state index in [1.807, 2.05) is 0 Å². The normalized spacial score (nSPS) is 12.0. The van der Waals surface area contributed by atoms with Gasteiger partial charge in [0.2, 0.25) is 0 Å². The maximum absolute atomic E-state index is 4.71. The first-order valence-electron chi connectivity index (χ1n) is 7.60. The first kappa shape index (κ1) is 21.2. The summed E-state index contributed by atoms with van der Waals surface area (Å²) in [5.74, 6) is 0.865. The second-order valence-electron chi connectivity index (χ2n) is 6.58. The minimum Gasteiger partial charge on any atom is -0.357 e. The van der Waals surface area contributed by atoms with Crippen LogP contribution in [-0.4, -0.2) is 37.0 Å². The maximum atomic E-state index is 4.71. The van der Waals surface area contributed by atoms with E-state index in [9.17, 15) is 0 Å². The van der Waals surface area contributed by atoms with Crippen molar-refractivity contribution in [3.63, 3.8) is 0 Å². The van der Waals surface area contributed by atoms with Crippen molar-refractivity contribution in [2.75, 3.05) is 20.6 Å². The molecule has 0 aliphatic rings. The van der Waals surface area contributed by atoms with E-state index >= 15 is 0 Å². The van der Waals surface area contributed by atoms with Gasteiger partial charge < -0.3 is 15.5 Å². The highest BCUT2D eigenvalue weighted by atomic mass is 127. The monoisotopic (exact) mass is 418 g/mol. The Labute approximate surface area is 152 Å². The van der Waals surface area contributed by atoms with E-state index in [0.29, 0.717) is 6.54 Å². The van der Waals surface area contributed by atoms with Crippen molar-refractivity contribution in [3.8, 4) is 0 Å². The van der Waals surface area contributed by atoms with Crippen molar-refractivity contribution < 1.29 is 0 Å². The van der Waals surface area contributed by atoms with Crippen LogP contribution in [0.5, 0.6) is 0 Å². The van der Waals surface area contributed by atoms with Crippen LogP contribution in [0.2, 0.25) is 0 Å². The van der Waals surface area contributed by atoms with Crippen molar-refractivity contribution in [1.29, 1.82) is 0 Å². The van der Waals surface area contributed by atoms with Crippen LogP contribution in [0.1, 0.15) is 38.8 Å². The average molecular weight is 418 g/mol. The molecule has 0 aliphatic carbocycles. The number of halogens is 1. The molecule has 0 amide bonds. The van der Waals surface area contributed by atoms with Gasteiger partial charge in [0.15, 0.2) is 5.96 Å². The molecule has 0 spiro atoms. The summed E-state index contributed by atoms with van der Waals surface area (Å²) in [7, 11) is 4.18. The Morgan fingerprint density at radius 2 is 1.73 bits per heavy atom. The summed E-state index contributed by atoms with van der Waals surface area (Å²) in [4.78, 5) is 6.89.